The Balaban J connectivity index is 1.94. The van der Waals surface area contributed by atoms with Crippen LogP contribution >= 0.6 is 0 Å². The quantitative estimate of drug-likeness (QED) is 0.634. The Morgan fingerprint density at radius 1 is 1.10 bits per heavy atom. The number of ether oxygens (including phenoxy) is 1. The lowest BCUT2D eigenvalue weighted by Crippen LogP contribution is -2.41. The predicted molar refractivity (Wildman–Crippen MR) is 117 cm³/mol. The van der Waals surface area contributed by atoms with Crippen molar-refractivity contribution in [1.82, 2.24) is 5.32 Å². The van der Waals surface area contributed by atoms with Crippen molar-refractivity contribution in [2.24, 2.45) is 0 Å². The highest BCUT2D eigenvalue weighted by Gasteiger charge is 2.20. The van der Waals surface area contributed by atoms with E-state index in [0.29, 0.717) is 18.2 Å². The average molecular weight is 419 g/mol. The number of amides is 1. The van der Waals surface area contributed by atoms with E-state index in [-0.39, 0.29) is 19.0 Å². The molecule has 2 aromatic rings. The number of hydrogen-bond donors (Lipinski definition) is 1. The van der Waals surface area contributed by atoms with Crippen LogP contribution < -0.4 is 14.4 Å². The first-order valence-electron chi connectivity index (χ1n) is 9.62. The van der Waals surface area contributed by atoms with Gasteiger partial charge in [0.05, 0.1) is 18.5 Å². The maximum atomic E-state index is 12.3. The first-order valence-corrected chi connectivity index (χ1v) is 11.5. The standard InChI is InChI=1S/C22H30N2O4S/c1-16(2)19-8-10-20(11-9-19)24(29(5,26)27)15-22(25)23-12-13-28-21-14-17(3)6-7-18(21)4/h6-11,14,16H,12-13,15H2,1-5H3,(H,23,25). The van der Waals surface area contributed by atoms with Gasteiger partial charge in [-0.25, -0.2) is 8.42 Å². The van der Waals surface area contributed by atoms with Gasteiger partial charge >= 0.3 is 0 Å². The van der Waals surface area contributed by atoms with Crippen LogP contribution in [0.15, 0.2) is 42.5 Å². The van der Waals surface area contributed by atoms with Crippen molar-refractivity contribution in [2.45, 2.75) is 33.6 Å². The molecule has 0 aliphatic heterocycles. The highest BCUT2D eigenvalue weighted by molar-refractivity contribution is 7.92. The molecule has 29 heavy (non-hydrogen) atoms. The summed E-state index contributed by atoms with van der Waals surface area (Å²) in [6.07, 6.45) is 1.10. The average Bonchev–Trinajstić information content (AvgIpc) is 2.65. The molecule has 0 fully saturated rings. The zero-order valence-corrected chi connectivity index (χ0v) is 18.5. The molecule has 2 aromatic carbocycles. The van der Waals surface area contributed by atoms with Crippen LogP contribution in [0.4, 0.5) is 5.69 Å². The number of hydrogen-bond acceptors (Lipinski definition) is 4. The Morgan fingerprint density at radius 3 is 2.34 bits per heavy atom. The molecular formula is C22H30N2O4S. The predicted octanol–water partition coefficient (Wildman–Crippen LogP) is 3.39. The minimum atomic E-state index is -3.59. The number of aryl methyl sites for hydroxylation is 2. The van der Waals surface area contributed by atoms with Gasteiger partial charge in [0.25, 0.3) is 0 Å². The molecule has 7 heteroatoms. The zero-order valence-electron chi connectivity index (χ0n) is 17.7. The molecule has 0 unspecified atom stereocenters. The molecule has 6 nitrogen and oxygen atoms in total. The molecular weight excluding hydrogens is 388 g/mol. The molecule has 0 radical (unpaired) electrons. The number of nitrogens with zero attached hydrogens (tertiary/aromatic N) is 1. The largest absolute Gasteiger partial charge is 0.491 e. The number of carbonyl (C=O) groups is 1. The summed E-state index contributed by atoms with van der Waals surface area (Å²) in [7, 11) is -3.59. The summed E-state index contributed by atoms with van der Waals surface area (Å²) >= 11 is 0. The lowest BCUT2D eigenvalue weighted by molar-refractivity contribution is -0.119. The molecule has 0 atom stereocenters. The molecule has 2 rings (SSSR count). The highest BCUT2D eigenvalue weighted by atomic mass is 32.2. The van der Waals surface area contributed by atoms with E-state index >= 15 is 0 Å². The molecule has 1 N–H and O–H groups in total. The Bertz CT molecular complexity index is 938. The fraction of sp³-hybridized carbons (Fsp3) is 0.409. The highest BCUT2D eigenvalue weighted by Crippen LogP contribution is 2.22. The first kappa shape index (κ1) is 22.7. The van der Waals surface area contributed by atoms with Gasteiger partial charge < -0.3 is 10.1 Å². The van der Waals surface area contributed by atoms with E-state index in [1.807, 2.05) is 44.2 Å². The summed E-state index contributed by atoms with van der Waals surface area (Å²) < 4.78 is 31.2. The van der Waals surface area contributed by atoms with Gasteiger partial charge in [0.1, 0.15) is 18.9 Å². The first-order chi connectivity index (χ1) is 13.6. The third-order valence-electron chi connectivity index (χ3n) is 4.56. The second-order valence-corrected chi connectivity index (χ2v) is 9.39. The monoisotopic (exact) mass is 418 g/mol. The van der Waals surface area contributed by atoms with Crippen molar-refractivity contribution >= 4 is 21.6 Å². The summed E-state index contributed by atoms with van der Waals surface area (Å²) in [5.41, 5.74) is 3.70. The molecule has 0 aromatic heterocycles. The third-order valence-corrected chi connectivity index (χ3v) is 5.70. The van der Waals surface area contributed by atoms with Crippen molar-refractivity contribution in [3.8, 4) is 5.75 Å². The Hall–Kier alpha value is -2.54. The second-order valence-electron chi connectivity index (χ2n) is 7.48. The molecule has 0 aliphatic carbocycles. The van der Waals surface area contributed by atoms with Gasteiger partial charge in [0, 0.05) is 0 Å². The maximum Gasteiger partial charge on any atom is 0.240 e. The van der Waals surface area contributed by atoms with Gasteiger partial charge in [-0.2, -0.15) is 0 Å². The SMILES string of the molecule is Cc1ccc(C)c(OCCNC(=O)CN(c2ccc(C(C)C)cc2)S(C)(=O)=O)c1. The number of nitrogens with one attached hydrogen (secondary N) is 1. The van der Waals surface area contributed by atoms with E-state index in [0.717, 1.165) is 33.0 Å². The molecule has 0 aliphatic rings. The van der Waals surface area contributed by atoms with E-state index < -0.39 is 10.0 Å². The minimum absolute atomic E-state index is 0.274. The number of carbonyl (C=O) groups excluding carboxylic acids is 1. The number of sulfonamides is 1. The number of rotatable bonds is 9. The minimum Gasteiger partial charge on any atom is -0.491 e. The van der Waals surface area contributed by atoms with Gasteiger partial charge in [-0.3, -0.25) is 9.10 Å². The zero-order chi connectivity index (χ0) is 21.6. The van der Waals surface area contributed by atoms with E-state index in [1.165, 1.54) is 0 Å². The lowest BCUT2D eigenvalue weighted by Gasteiger charge is -2.22. The van der Waals surface area contributed by atoms with Crippen LogP contribution in [0.3, 0.4) is 0 Å². The van der Waals surface area contributed by atoms with Crippen LogP contribution in [0.25, 0.3) is 0 Å². The summed E-state index contributed by atoms with van der Waals surface area (Å²) in [4.78, 5) is 12.3. The van der Waals surface area contributed by atoms with E-state index in [2.05, 4.69) is 19.2 Å². The molecule has 0 saturated carbocycles. The molecule has 0 spiro atoms. The van der Waals surface area contributed by atoms with Crippen molar-refractivity contribution in [2.75, 3.05) is 30.3 Å². The maximum absolute atomic E-state index is 12.3. The van der Waals surface area contributed by atoms with Crippen LogP contribution in [0.1, 0.15) is 36.5 Å². The molecule has 0 saturated heterocycles. The van der Waals surface area contributed by atoms with Gasteiger partial charge in [0.15, 0.2) is 0 Å². The van der Waals surface area contributed by atoms with Gasteiger partial charge in [-0.15, -0.1) is 0 Å². The molecule has 1 amide bonds. The van der Waals surface area contributed by atoms with Crippen LogP contribution in [0.5, 0.6) is 5.75 Å². The van der Waals surface area contributed by atoms with E-state index in [9.17, 15) is 13.2 Å². The Labute approximate surface area is 173 Å². The number of anilines is 1. The summed E-state index contributed by atoms with van der Waals surface area (Å²) in [6, 6.07) is 13.2. The topological polar surface area (TPSA) is 75.7 Å². The number of benzene rings is 2. The van der Waals surface area contributed by atoms with Crippen molar-refractivity contribution in [3.63, 3.8) is 0 Å². The van der Waals surface area contributed by atoms with Gasteiger partial charge in [-0.05, 0) is 54.7 Å². The summed E-state index contributed by atoms with van der Waals surface area (Å²) in [5.74, 6) is 0.742. The molecule has 0 heterocycles. The van der Waals surface area contributed by atoms with Crippen molar-refractivity contribution < 1.29 is 17.9 Å². The Kier molecular flexibility index (Phi) is 7.67. The summed E-state index contributed by atoms with van der Waals surface area (Å²) in [5, 5.41) is 2.72. The van der Waals surface area contributed by atoms with Gasteiger partial charge in [-0.1, -0.05) is 38.1 Å². The van der Waals surface area contributed by atoms with E-state index in [1.54, 1.807) is 12.1 Å². The fourth-order valence-electron chi connectivity index (χ4n) is 2.83. The second kappa shape index (κ2) is 9.78. The van der Waals surface area contributed by atoms with E-state index in [4.69, 9.17) is 4.74 Å². The van der Waals surface area contributed by atoms with Crippen LogP contribution in [-0.4, -0.2) is 40.3 Å². The lowest BCUT2D eigenvalue weighted by atomic mass is 10.0. The molecule has 158 valence electrons. The fourth-order valence-corrected chi connectivity index (χ4v) is 3.68. The summed E-state index contributed by atoms with van der Waals surface area (Å²) in [6.45, 7) is 8.40. The Morgan fingerprint density at radius 2 is 1.76 bits per heavy atom. The molecule has 0 bridgehead atoms. The smallest absolute Gasteiger partial charge is 0.240 e. The normalized spacial score (nSPS) is 11.4. The third kappa shape index (κ3) is 6.78. The van der Waals surface area contributed by atoms with Gasteiger partial charge in [0.2, 0.25) is 15.9 Å². The van der Waals surface area contributed by atoms with Crippen molar-refractivity contribution in [3.05, 3.63) is 59.2 Å². The van der Waals surface area contributed by atoms with Crippen LogP contribution in [0, 0.1) is 13.8 Å². The van der Waals surface area contributed by atoms with Crippen LogP contribution in [-0.2, 0) is 14.8 Å². The van der Waals surface area contributed by atoms with Crippen LogP contribution in [0.2, 0.25) is 0 Å². The van der Waals surface area contributed by atoms with Crippen molar-refractivity contribution in [1.29, 1.82) is 0 Å².